The number of aromatic nitrogens is 1. The van der Waals surface area contributed by atoms with Crippen molar-refractivity contribution in [2.24, 2.45) is 0 Å². The smallest absolute Gasteiger partial charge is 0.149 e. The van der Waals surface area contributed by atoms with E-state index in [-0.39, 0.29) is 23.1 Å². The Balaban J connectivity index is 2.13. The fourth-order valence-corrected chi connectivity index (χ4v) is 1.71. The van der Waals surface area contributed by atoms with Crippen LogP contribution in [0.25, 0.3) is 0 Å². The van der Waals surface area contributed by atoms with Crippen molar-refractivity contribution >= 4 is 17.3 Å². The van der Waals surface area contributed by atoms with Gasteiger partial charge < -0.3 is 10.5 Å². The Hall–Kier alpha value is -1.81. The van der Waals surface area contributed by atoms with Crippen molar-refractivity contribution in [1.29, 1.82) is 0 Å². The van der Waals surface area contributed by atoms with Gasteiger partial charge in [0.2, 0.25) is 0 Å². The summed E-state index contributed by atoms with van der Waals surface area (Å²) in [7, 11) is 0. The van der Waals surface area contributed by atoms with Gasteiger partial charge in [0.15, 0.2) is 0 Å². The fourth-order valence-electron chi connectivity index (χ4n) is 1.49. The van der Waals surface area contributed by atoms with E-state index in [1.807, 2.05) is 25.1 Å². The summed E-state index contributed by atoms with van der Waals surface area (Å²) in [6.07, 6.45) is 0. The Labute approximate surface area is 109 Å². The topological polar surface area (TPSA) is 48.1 Å². The standard InChI is InChI=1S/C13H12ClFN2O/c1-8-3-2-4-9(17-8)7-18-13-6-11(15)12(16)5-10(13)14/h2-6H,7,16H2,1H3. The van der Waals surface area contributed by atoms with E-state index in [0.29, 0.717) is 0 Å². The van der Waals surface area contributed by atoms with E-state index in [9.17, 15) is 4.39 Å². The molecule has 0 aliphatic heterocycles. The predicted molar refractivity (Wildman–Crippen MR) is 69.1 cm³/mol. The van der Waals surface area contributed by atoms with Crippen molar-refractivity contribution in [3.05, 3.63) is 52.6 Å². The number of aryl methyl sites for hydroxylation is 1. The summed E-state index contributed by atoms with van der Waals surface area (Å²) in [4.78, 5) is 4.27. The van der Waals surface area contributed by atoms with Gasteiger partial charge in [-0.2, -0.15) is 0 Å². The minimum Gasteiger partial charge on any atom is -0.486 e. The molecule has 5 heteroatoms. The van der Waals surface area contributed by atoms with Crippen molar-refractivity contribution in [2.75, 3.05) is 5.73 Å². The molecule has 2 rings (SSSR count). The molecule has 1 heterocycles. The van der Waals surface area contributed by atoms with Gasteiger partial charge in [0.05, 0.1) is 16.4 Å². The molecule has 2 aromatic rings. The molecule has 0 spiro atoms. The average molecular weight is 267 g/mol. The summed E-state index contributed by atoms with van der Waals surface area (Å²) in [6, 6.07) is 8.10. The quantitative estimate of drug-likeness (QED) is 0.867. The molecule has 0 aliphatic carbocycles. The van der Waals surface area contributed by atoms with E-state index >= 15 is 0 Å². The second kappa shape index (κ2) is 5.23. The van der Waals surface area contributed by atoms with E-state index in [2.05, 4.69) is 4.98 Å². The number of hydrogen-bond donors (Lipinski definition) is 1. The first-order chi connectivity index (χ1) is 8.56. The molecule has 0 saturated carbocycles. The number of benzene rings is 1. The van der Waals surface area contributed by atoms with Crippen molar-refractivity contribution in [1.82, 2.24) is 4.98 Å². The van der Waals surface area contributed by atoms with Crippen LogP contribution < -0.4 is 10.5 Å². The Morgan fingerprint density at radius 1 is 1.39 bits per heavy atom. The normalized spacial score (nSPS) is 10.4. The van der Waals surface area contributed by atoms with Crippen LogP contribution in [0.15, 0.2) is 30.3 Å². The molecule has 94 valence electrons. The Bertz CT molecular complexity index is 575. The molecule has 0 unspecified atom stereocenters. The van der Waals surface area contributed by atoms with Gasteiger partial charge in [0, 0.05) is 11.8 Å². The van der Waals surface area contributed by atoms with Crippen LogP contribution in [0, 0.1) is 12.7 Å². The van der Waals surface area contributed by atoms with E-state index in [4.69, 9.17) is 22.1 Å². The van der Waals surface area contributed by atoms with Gasteiger partial charge in [-0.3, -0.25) is 4.98 Å². The summed E-state index contributed by atoms with van der Waals surface area (Å²) in [5.41, 5.74) is 7.04. The number of rotatable bonds is 3. The SMILES string of the molecule is Cc1cccc(COc2cc(F)c(N)cc2Cl)n1. The monoisotopic (exact) mass is 266 g/mol. The van der Waals surface area contributed by atoms with Crippen LogP contribution in [0.3, 0.4) is 0 Å². The Morgan fingerprint density at radius 2 is 2.17 bits per heavy atom. The van der Waals surface area contributed by atoms with E-state index < -0.39 is 5.82 Å². The summed E-state index contributed by atoms with van der Waals surface area (Å²) in [5, 5.41) is 0.279. The molecule has 18 heavy (non-hydrogen) atoms. The summed E-state index contributed by atoms with van der Waals surface area (Å²) < 4.78 is 18.7. The molecule has 0 saturated heterocycles. The average Bonchev–Trinajstić information content (AvgIpc) is 2.32. The number of nitrogens with two attached hydrogens (primary N) is 1. The summed E-state index contributed by atoms with van der Waals surface area (Å²) in [6.45, 7) is 2.12. The molecule has 2 N–H and O–H groups in total. The third-order valence-electron chi connectivity index (χ3n) is 2.37. The molecule has 0 fully saturated rings. The summed E-state index contributed by atoms with van der Waals surface area (Å²) in [5.74, 6) is -0.293. The lowest BCUT2D eigenvalue weighted by molar-refractivity contribution is 0.300. The lowest BCUT2D eigenvalue weighted by atomic mass is 10.3. The molecule has 0 bridgehead atoms. The Kier molecular flexibility index (Phi) is 3.67. The van der Waals surface area contributed by atoms with Gasteiger partial charge >= 0.3 is 0 Å². The maximum absolute atomic E-state index is 13.3. The van der Waals surface area contributed by atoms with Gasteiger partial charge in [-0.25, -0.2) is 4.39 Å². The molecule has 3 nitrogen and oxygen atoms in total. The van der Waals surface area contributed by atoms with Gasteiger partial charge in [-0.05, 0) is 25.1 Å². The predicted octanol–water partition coefficient (Wildman–Crippen LogP) is 3.34. The highest BCUT2D eigenvalue weighted by atomic mass is 35.5. The number of ether oxygens (including phenoxy) is 1. The van der Waals surface area contributed by atoms with E-state index in [1.165, 1.54) is 12.1 Å². The number of anilines is 1. The number of pyridine rings is 1. The van der Waals surface area contributed by atoms with Crippen LogP contribution in [0.1, 0.15) is 11.4 Å². The van der Waals surface area contributed by atoms with Crippen molar-refractivity contribution in [3.8, 4) is 5.75 Å². The fraction of sp³-hybridized carbons (Fsp3) is 0.154. The molecule has 0 aliphatic rings. The third-order valence-corrected chi connectivity index (χ3v) is 2.67. The number of halogens is 2. The minimum atomic E-state index is -0.549. The van der Waals surface area contributed by atoms with Crippen LogP contribution in [0.4, 0.5) is 10.1 Å². The molecule has 1 aromatic carbocycles. The van der Waals surface area contributed by atoms with Crippen LogP contribution in [-0.4, -0.2) is 4.98 Å². The lowest BCUT2D eigenvalue weighted by Gasteiger charge is -2.09. The number of nitrogens with zero attached hydrogens (tertiary/aromatic N) is 1. The van der Waals surface area contributed by atoms with Crippen LogP contribution in [-0.2, 0) is 6.61 Å². The minimum absolute atomic E-state index is 0.000954. The van der Waals surface area contributed by atoms with Gasteiger partial charge in [-0.15, -0.1) is 0 Å². The van der Waals surface area contributed by atoms with Crippen LogP contribution >= 0.6 is 11.6 Å². The maximum atomic E-state index is 13.3. The van der Waals surface area contributed by atoms with Crippen molar-refractivity contribution in [3.63, 3.8) is 0 Å². The van der Waals surface area contributed by atoms with Crippen molar-refractivity contribution in [2.45, 2.75) is 13.5 Å². The third kappa shape index (κ3) is 2.90. The second-order valence-electron chi connectivity index (χ2n) is 3.86. The first-order valence-electron chi connectivity index (χ1n) is 5.36. The van der Waals surface area contributed by atoms with Gasteiger partial charge in [-0.1, -0.05) is 17.7 Å². The van der Waals surface area contributed by atoms with E-state index in [0.717, 1.165) is 11.4 Å². The number of nitrogen functional groups attached to an aromatic ring is 1. The van der Waals surface area contributed by atoms with Gasteiger partial charge in [0.1, 0.15) is 18.2 Å². The van der Waals surface area contributed by atoms with Gasteiger partial charge in [0.25, 0.3) is 0 Å². The van der Waals surface area contributed by atoms with Crippen LogP contribution in [0.2, 0.25) is 5.02 Å². The highest BCUT2D eigenvalue weighted by molar-refractivity contribution is 6.32. The van der Waals surface area contributed by atoms with E-state index in [1.54, 1.807) is 0 Å². The molecule has 0 atom stereocenters. The molecular weight excluding hydrogens is 255 g/mol. The zero-order valence-corrected chi connectivity index (χ0v) is 10.5. The first kappa shape index (κ1) is 12.6. The highest BCUT2D eigenvalue weighted by Crippen LogP contribution is 2.29. The first-order valence-corrected chi connectivity index (χ1v) is 5.74. The molecule has 0 amide bonds. The maximum Gasteiger partial charge on any atom is 0.149 e. The zero-order valence-electron chi connectivity index (χ0n) is 9.78. The zero-order chi connectivity index (χ0) is 13.1. The Morgan fingerprint density at radius 3 is 2.89 bits per heavy atom. The largest absolute Gasteiger partial charge is 0.486 e. The van der Waals surface area contributed by atoms with Crippen molar-refractivity contribution < 1.29 is 9.13 Å². The highest BCUT2D eigenvalue weighted by Gasteiger charge is 2.08. The van der Waals surface area contributed by atoms with Crippen LogP contribution in [0.5, 0.6) is 5.75 Å². The summed E-state index contributed by atoms with van der Waals surface area (Å²) >= 11 is 5.91. The molecule has 1 aromatic heterocycles. The second-order valence-corrected chi connectivity index (χ2v) is 4.27. The molecule has 0 radical (unpaired) electrons. The molecular formula is C13H12ClFN2O. The number of hydrogen-bond acceptors (Lipinski definition) is 3. The lowest BCUT2D eigenvalue weighted by Crippen LogP contribution is -2.00.